The SMILES string of the molecule is CC1=CN(C)C[NH2+]1. The highest BCUT2D eigenvalue weighted by Crippen LogP contribution is 1.87. The van der Waals surface area contributed by atoms with Crippen LogP contribution in [0.3, 0.4) is 0 Å². The summed E-state index contributed by atoms with van der Waals surface area (Å²) >= 11 is 0. The summed E-state index contributed by atoms with van der Waals surface area (Å²) in [4.78, 5) is 2.16. The van der Waals surface area contributed by atoms with Crippen LogP contribution >= 0.6 is 0 Å². The molecule has 0 unspecified atom stereocenters. The van der Waals surface area contributed by atoms with Gasteiger partial charge >= 0.3 is 0 Å². The molecule has 0 aromatic heterocycles. The topological polar surface area (TPSA) is 19.9 Å². The molecule has 0 bridgehead atoms. The van der Waals surface area contributed by atoms with Crippen molar-refractivity contribution in [3.8, 4) is 0 Å². The Bertz CT molecular complexity index is 96.3. The minimum atomic E-state index is 1.09. The molecule has 0 saturated carbocycles. The number of rotatable bonds is 0. The van der Waals surface area contributed by atoms with Crippen molar-refractivity contribution in [1.82, 2.24) is 4.90 Å². The molecule has 2 heteroatoms. The van der Waals surface area contributed by atoms with Gasteiger partial charge in [0.2, 0.25) is 0 Å². The van der Waals surface area contributed by atoms with E-state index in [1.165, 1.54) is 5.70 Å². The fourth-order valence-electron chi connectivity index (χ4n) is 0.741. The lowest BCUT2D eigenvalue weighted by Gasteiger charge is -1.98. The summed E-state index contributed by atoms with van der Waals surface area (Å²) in [6.07, 6.45) is 2.14. The van der Waals surface area contributed by atoms with Crippen molar-refractivity contribution >= 4 is 0 Å². The average Bonchev–Trinajstić information content (AvgIpc) is 1.87. The number of nitrogens with zero attached hydrogens (tertiary/aromatic N) is 1. The van der Waals surface area contributed by atoms with E-state index in [1.54, 1.807) is 0 Å². The quantitative estimate of drug-likeness (QED) is 0.426. The molecule has 0 atom stereocenters. The molecule has 0 aromatic rings. The van der Waals surface area contributed by atoms with Gasteiger partial charge in [-0.05, 0) is 0 Å². The summed E-state index contributed by atoms with van der Waals surface area (Å²) in [5, 5.41) is 2.21. The zero-order valence-electron chi connectivity index (χ0n) is 4.81. The van der Waals surface area contributed by atoms with Crippen molar-refractivity contribution in [2.45, 2.75) is 6.92 Å². The van der Waals surface area contributed by atoms with Gasteiger partial charge in [-0.2, -0.15) is 0 Å². The molecular weight excluding hydrogens is 88.1 g/mol. The van der Waals surface area contributed by atoms with E-state index in [0.717, 1.165) is 6.67 Å². The van der Waals surface area contributed by atoms with Crippen LogP contribution in [-0.2, 0) is 0 Å². The summed E-state index contributed by atoms with van der Waals surface area (Å²) < 4.78 is 0. The first-order valence-corrected chi connectivity index (χ1v) is 2.51. The van der Waals surface area contributed by atoms with E-state index in [2.05, 4.69) is 30.4 Å². The van der Waals surface area contributed by atoms with E-state index in [4.69, 9.17) is 0 Å². The molecule has 0 spiro atoms. The van der Waals surface area contributed by atoms with Crippen molar-refractivity contribution in [2.24, 2.45) is 0 Å². The normalized spacial score (nSPS) is 20.3. The minimum absolute atomic E-state index is 1.09. The van der Waals surface area contributed by atoms with Gasteiger partial charge in [0.25, 0.3) is 0 Å². The second-order valence-electron chi connectivity index (χ2n) is 2.02. The number of quaternary nitrogens is 1. The maximum atomic E-state index is 2.21. The first-order chi connectivity index (χ1) is 3.29. The Kier molecular flexibility index (Phi) is 1.02. The lowest BCUT2D eigenvalue weighted by Crippen LogP contribution is -2.80. The molecule has 0 amide bonds. The molecular formula is C5H11N2+. The van der Waals surface area contributed by atoms with Gasteiger partial charge in [0, 0.05) is 14.0 Å². The number of hydrogen-bond acceptors (Lipinski definition) is 1. The van der Waals surface area contributed by atoms with E-state index in [9.17, 15) is 0 Å². The van der Waals surface area contributed by atoms with Crippen LogP contribution in [0.25, 0.3) is 0 Å². The van der Waals surface area contributed by atoms with E-state index < -0.39 is 0 Å². The number of hydrogen-bond donors (Lipinski definition) is 1. The molecule has 2 N–H and O–H groups in total. The fraction of sp³-hybridized carbons (Fsp3) is 0.600. The smallest absolute Gasteiger partial charge is 0.155 e. The number of allylic oxidation sites excluding steroid dienone is 1. The Labute approximate surface area is 43.8 Å². The third-order valence-corrected chi connectivity index (χ3v) is 1.13. The summed E-state index contributed by atoms with van der Waals surface area (Å²) in [5.74, 6) is 0. The molecule has 2 nitrogen and oxygen atoms in total. The summed E-state index contributed by atoms with van der Waals surface area (Å²) in [5.41, 5.74) is 1.38. The highest BCUT2D eigenvalue weighted by Gasteiger charge is 2.04. The number of nitrogens with two attached hydrogens (primary N) is 1. The second kappa shape index (κ2) is 1.54. The van der Waals surface area contributed by atoms with Crippen LogP contribution in [0.5, 0.6) is 0 Å². The maximum Gasteiger partial charge on any atom is 0.155 e. The highest BCUT2D eigenvalue weighted by molar-refractivity contribution is 4.86. The van der Waals surface area contributed by atoms with Crippen LogP contribution < -0.4 is 5.32 Å². The molecule has 0 radical (unpaired) electrons. The van der Waals surface area contributed by atoms with Gasteiger partial charge in [-0.3, -0.25) is 5.32 Å². The Balaban J connectivity index is 2.50. The third kappa shape index (κ3) is 0.933. The van der Waals surface area contributed by atoms with Crippen molar-refractivity contribution in [2.75, 3.05) is 13.7 Å². The average molecular weight is 99.2 g/mol. The van der Waals surface area contributed by atoms with Crippen LogP contribution in [0, 0.1) is 0 Å². The third-order valence-electron chi connectivity index (χ3n) is 1.13. The van der Waals surface area contributed by atoms with Gasteiger partial charge in [-0.25, -0.2) is 0 Å². The first-order valence-electron chi connectivity index (χ1n) is 2.51. The van der Waals surface area contributed by atoms with Crippen LogP contribution in [-0.4, -0.2) is 18.6 Å². The van der Waals surface area contributed by atoms with Crippen LogP contribution in [0.2, 0.25) is 0 Å². The molecule has 1 aliphatic heterocycles. The predicted molar refractivity (Wildman–Crippen MR) is 28.3 cm³/mol. The summed E-state index contributed by atoms with van der Waals surface area (Å²) in [6, 6.07) is 0. The van der Waals surface area contributed by atoms with E-state index in [-0.39, 0.29) is 0 Å². The van der Waals surface area contributed by atoms with Crippen LogP contribution in [0.15, 0.2) is 11.9 Å². The van der Waals surface area contributed by atoms with Crippen molar-refractivity contribution in [3.63, 3.8) is 0 Å². The Hall–Kier alpha value is -0.500. The summed E-state index contributed by atoms with van der Waals surface area (Å²) in [7, 11) is 2.08. The molecule has 0 saturated heterocycles. The zero-order valence-corrected chi connectivity index (χ0v) is 4.81. The molecule has 0 fully saturated rings. The molecule has 0 aliphatic carbocycles. The van der Waals surface area contributed by atoms with Gasteiger partial charge < -0.3 is 4.90 Å². The van der Waals surface area contributed by atoms with Gasteiger partial charge in [0.1, 0.15) is 5.70 Å². The van der Waals surface area contributed by atoms with Gasteiger partial charge in [-0.15, -0.1) is 0 Å². The molecule has 1 aliphatic rings. The Morgan fingerprint density at radius 3 is 2.71 bits per heavy atom. The van der Waals surface area contributed by atoms with Gasteiger partial charge in [0.15, 0.2) is 6.67 Å². The Morgan fingerprint density at radius 1 is 1.86 bits per heavy atom. The molecule has 40 valence electrons. The van der Waals surface area contributed by atoms with Crippen LogP contribution in [0.4, 0.5) is 0 Å². The van der Waals surface area contributed by atoms with E-state index >= 15 is 0 Å². The lowest BCUT2D eigenvalue weighted by atomic mass is 10.6. The van der Waals surface area contributed by atoms with Crippen molar-refractivity contribution < 1.29 is 5.32 Å². The predicted octanol–water partition coefficient (Wildman–Crippen LogP) is -0.686. The second-order valence-corrected chi connectivity index (χ2v) is 2.02. The Morgan fingerprint density at radius 2 is 2.57 bits per heavy atom. The largest absolute Gasteiger partial charge is 0.329 e. The first kappa shape index (κ1) is 4.65. The van der Waals surface area contributed by atoms with Gasteiger partial charge in [-0.1, -0.05) is 0 Å². The monoisotopic (exact) mass is 99.1 g/mol. The minimum Gasteiger partial charge on any atom is -0.329 e. The van der Waals surface area contributed by atoms with E-state index in [1.807, 2.05) is 0 Å². The van der Waals surface area contributed by atoms with Gasteiger partial charge in [0.05, 0.1) is 6.20 Å². The summed E-state index contributed by atoms with van der Waals surface area (Å²) in [6.45, 7) is 3.20. The maximum absolute atomic E-state index is 2.21. The van der Waals surface area contributed by atoms with Crippen molar-refractivity contribution in [3.05, 3.63) is 11.9 Å². The lowest BCUT2D eigenvalue weighted by molar-refractivity contribution is -0.608. The standard InChI is InChI=1S/C5H10N2/c1-5-3-7(2)4-6-5/h3,6H,4H2,1-2H3/p+1. The molecule has 1 heterocycles. The van der Waals surface area contributed by atoms with Crippen LogP contribution in [0.1, 0.15) is 6.92 Å². The molecule has 1 rings (SSSR count). The highest BCUT2D eigenvalue weighted by atomic mass is 15.2. The van der Waals surface area contributed by atoms with Crippen molar-refractivity contribution in [1.29, 1.82) is 0 Å². The zero-order chi connectivity index (χ0) is 5.28. The molecule has 7 heavy (non-hydrogen) atoms. The van der Waals surface area contributed by atoms with E-state index in [0.29, 0.717) is 0 Å². The fourth-order valence-corrected chi connectivity index (χ4v) is 0.741. The molecule has 0 aromatic carbocycles.